The highest BCUT2D eigenvalue weighted by Crippen LogP contribution is 2.07. The lowest BCUT2D eigenvalue weighted by molar-refractivity contribution is -0.116. The number of hydrogen-bond acceptors (Lipinski definition) is 2. The SMILES string of the molecule is Cc1ccc(NCC(N)=O)cc1. The van der Waals surface area contributed by atoms with E-state index in [4.69, 9.17) is 5.73 Å². The average molecular weight is 164 g/mol. The Bertz CT molecular complexity index is 266. The molecule has 1 rings (SSSR count). The average Bonchev–Trinajstić information content (AvgIpc) is 2.03. The van der Waals surface area contributed by atoms with Crippen molar-refractivity contribution in [3.05, 3.63) is 29.8 Å². The summed E-state index contributed by atoms with van der Waals surface area (Å²) in [6, 6.07) is 7.78. The molecule has 1 aromatic carbocycles. The molecule has 3 heteroatoms. The van der Waals surface area contributed by atoms with Crippen LogP contribution in [0.25, 0.3) is 0 Å². The number of nitrogens with two attached hydrogens (primary N) is 1. The van der Waals surface area contributed by atoms with E-state index < -0.39 is 0 Å². The molecule has 3 nitrogen and oxygen atoms in total. The number of hydrogen-bond donors (Lipinski definition) is 2. The van der Waals surface area contributed by atoms with Gasteiger partial charge in [0.05, 0.1) is 6.54 Å². The van der Waals surface area contributed by atoms with Gasteiger partial charge in [-0.15, -0.1) is 0 Å². The van der Waals surface area contributed by atoms with E-state index >= 15 is 0 Å². The first-order valence-corrected chi connectivity index (χ1v) is 3.77. The normalized spacial score (nSPS) is 9.42. The number of amides is 1. The molecule has 0 unspecified atom stereocenters. The Labute approximate surface area is 71.6 Å². The van der Waals surface area contributed by atoms with Gasteiger partial charge in [0.2, 0.25) is 5.91 Å². The molecule has 64 valence electrons. The van der Waals surface area contributed by atoms with E-state index in [0.717, 1.165) is 5.69 Å². The highest BCUT2D eigenvalue weighted by molar-refractivity contribution is 5.78. The number of nitrogens with one attached hydrogen (secondary N) is 1. The summed E-state index contributed by atoms with van der Waals surface area (Å²) < 4.78 is 0. The molecule has 0 atom stereocenters. The Morgan fingerprint density at radius 2 is 2.00 bits per heavy atom. The van der Waals surface area contributed by atoms with Gasteiger partial charge in [0, 0.05) is 5.69 Å². The number of primary amides is 1. The first-order valence-electron chi connectivity index (χ1n) is 3.77. The van der Waals surface area contributed by atoms with Gasteiger partial charge in [-0.05, 0) is 19.1 Å². The fourth-order valence-corrected chi connectivity index (χ4v) is 0.861. The Morgan fingerprint density at radius 1 is 1.42 bits per heavy atom. The molecule has 0 radical (unpaired) electrons. The molecule has 0 aliphatic rings. The van der Waals surface area contributed by atoms with E-state index in [1.165, 1.54) is 5.56 Å². The highest BCUT2D eigenvalue weighted by atomic mass is 16.1. The van der Waals surface area contributed by atoms with E-state index in [0.29, 0.717) is 0 Å². The van der Waals surface area contributed by atoms with Crippen LogP contribution >= 0.6 is 0 Å². The predicted molar refractivity (Wildman–Crippen MR) is 48.9 cm³/mol. The lowest BCUT2D eigenvalue weighted by Gasteiger charge is -2.02. The number of anilines is 1. The van der Waals surface area contributed by atoms with Gasteiger partial charge in [-0.1, -0.05) is 17.7 Å². The molecule has 0 heterocycles. The zero-order chi connectivity index (χ0) is 8.97. The Hall–Kier alpha value is -1.51. The molecule has 0 aromatic heterocycles. The highest BCUT2D eigenvalue weighted by Gasteiger charge is 1.93. The molecule has 1 amide bonds. The third-order valence-electron chi connectivity index (χ3n) is 1.52. The van der Waals surface area contributed by atoms with Crippen LogP contribution < -0.4 is 11.1 Å². The lowest BCUT2D eigenvalue weighted by atomic mass is 10.2. The second kappa shape index (κ2) is 3.76. The molecular weight excluding hydrogens is 152 g/mol. The second-order valence-electron chi connectivity index (χ2n) is 2.69. The first kappa shape index (κ1) is 8.59. The van der Waals surface area contributed by atoms with Gasteiger partial charge >= 0.3 is 0 Å². The Morgan fingerprint density at radius 3 is 2.50 bits per heavy atom. The molecule has 0 fully saturated rings. The summed E-state index contributed by atoms with van der Waals surface area (Å²) in [5.41, 5.74) is 7.08. The van der Waals surface area contributed by atoms with E-state index in [1.807, 2.05) is 31.2 Å². The van der Waals surface area contributed by atoms with Crippen LogP contribution in [-0.2, 0) is 4.79 Å². The van der Waals surface area contributed by atoms with Crippen LogP contribution in [0.15, 0.2) is 24.3 Å². The third-order valence-corrected chi connectivity index (χ3v) is 1.52. The van der Waals surface area contributed by atoms with Gasteiger partial charge in [0.25, 0.3) is 0 Å². The summed E-state index contributed by atoms with van der Waals surface area (Å²) in [7, 11) is 0. The van der Waals surface area contributed by atoms with Crippen LogP contribution in [0.1, 0.15) is 5.56 Å². The van der Waals surface area contributed by atoms with Crippen molar-refractivity contribution in [2.24, 2.45) is 5.73 Å². The second-order valence-corrected chi connectivity index (χ2v) is 2.69. The quantitative estimate of drug-likeness (QED) is 0.697. The Kier molecular flexibility index (Phi) is 2.69. The van der Waals surface area contributed by atoms with Crippen LogP contribution in [0, 0.1) is 6.92 Å². The minimum atomic E-state index is -0.351. The predicted octanol–water partition coefficient (Wildman–Crippen LogP) is 0.892. The molecule has 0 spiro atoms. The topological polar surface area (TPSA) is 55.1 Å². The van der Waals surface area contributed by atoms with Gasteiger partial charge in [-0.25, -0.2) is 0 Å². The third kappa shape index (κ3) is 2.62. The van der Waals surface area contributed by atoms with E-state index in [1.54, 1.807) is 0 Å². The first-order chi connectivity index (χ1) is 5.68. The molecule has 3 N–H and O–H groups in total. The largest absolute Gasteiger partial charge is 0.376 e. The summed E-state index contributed by atoms with van der Waals surface area (Å²) in [5, 5.41) is 2.90. The van der Waals surface area contributed by atoms with E-state index in [-0.39, 0.29) is 12.5 Å². The molecule has 0 saturated heterocycles. The summed E-state index contributed by atoms with van der Waals surface area (Å²) in [4.78, 5) is 10.4. The summed E-state index contributed by atoms with van der Waals surface area (Å²) in [6.45, 7) is 2.20. The molecular formula is C9H12N2O. The van der Waals surface area contributed by atoms with Crippen molar-refractivity contribution < 1.29 is 4.79 Å². The number of aryl methyl sites for hydroxylation is 1. The minimum Gasteiger partial charge on any atom is -0.376 e. The maximum absolute atomic E-state index is 10.4. The van der Waals surface area contributed by atoms with Crippen molar-refractivity contribution in [2.45, 2.75) is 6.92 Å². The maximum atomic E-state index is 10.4. The number of carbonyl (C=O) groups excluding carboxylic acids is 1. The van der Waals surface area contributed by atoms with Crippen molar-refractivity contribution in [1.29, 1.82) is 0 Å². The smallest absolute Gasteiger partial charge is 0.236 e. The molecule has 12 heavy (non-hydrogen) atoms. The fraction of sp³-hybridized carbons (Fsp3) is 0.222. The lowest BCUT2D eigenvalue weighted by Crippen LogP contribution is -2.21. The van der Waals surface area contributed by atoms with Crippen molar-refractivity contribution in [2.75, 3.05) is 11.9 Å². The van der Waals surface area contributed by atoms with Crippen LogP contribution in [0.3, 0.4) is 0 Å². The van der Waals surface area contributed by atoms with Crippen LogP contribution in [0.5, 0.6) is 0 Å². The fourth-order valence-electron chi connectivity index (χ4n) is 0.861. The van der Waals surface area contributed by atoms with Gasteiger partial charge in [-0.3, -0.25) is 4.79 Å². The van der Waals surface area contributed by atoms with Gasteiger partial charge in [0.1, 0.15) is 0 Å². The van der Waals surface area contributed by atoms with Crippen LogP contribution in [-0.4, -0.2) is 12.5 Å². The monoisotopic (exact) mass is 164 g/mol. The molecule has 0 aliphatic carbocycles. The van der Waals surface area contributed by atoms with E-state index in [2.05, 4.69) is 5.32 Å². The summed E-state index contributed by atoms with van der Waals surface area (Å²) in [5.74, 6) is -0.351. The van der Waals surface area contributed by atoms with Crippen molar-refractivity contribution in [3.8, 4) is 0 Å². The molecule has 0 aliphatic heterocycles. The molecule has 0 saturated carbocycles. The minimum absolute atomic E-state index is 0.184. The van der Waals surface area contributed by atoms with Crippen LogP contribution in [0.4, 0.5) is 5.69 Å². The maximum Gasteiger partial charge on any atom is 0.236 e. The van der Waals surface area contributed by atoms with E-state index in [9.17, 15) is 4.79 Å². The van der Waals surface area contributed by atoms with Gasteiger partial charge in [0.15, 0.2) is 0 Å². The number of carbonyl (C=O) groups is 1. The standard InChI is InChI=1S/C9H12N2O/c1-7-2-4-8(5-3-7)11-6-9(10)12/h2-5,11H,6H2,1H3,(H2,10,12). The summed E-state index contributed by atoms with van der Waals surface area (Å²) >= 11 is 0. The van der Waals surface area contributed by atoms with Gasteiger partial charge in [-0.2, -0.15) is 0 Å². The zero-order valence-electron chi connectivity index (χ0n) is 7.00. The molecule has 0 bridgehead atoms. The van der Waals surface area contributed by atoms with Crippen LogP contribution in [0.2, 0.25) is 0 Å². The zero-order valence-corrected chi connectivity index (χ0v) is 7.00. The van der Waals surface area contributed by atoms with Crippen molar-refractivity contribution in [3.63, 3.8) is 0 Å². The number of rotatable bonds is 3. The van der Waals surface area contributed by atoms with Gasteiger partial charge < -0.3 is 11.1 Å². The number of benzene rings is 1. The van der Waals surface area contributed by atoms with Crippen molar-refractivity contribution in [1.82, 2.24) is 0 Å². The van der Waals surface area contributed by atoms with Crippen molar-refractivity contribution >= 4 is 11.6 Å². The Balaban J connectivity index is 2.53. The summed E-state index contributed by atoms with van der Waals surface area (Å²) in [6.07, 6.45) is 0. The molecule has 1 aromatic rings.